The van der Waals surface area contributed by atoms with Gasteiger partial charge < -0.3 is 14.8 Å². The molecule has 114 valence electrons. The number of aliphatic hydroxyl groups is 1. The van der Waals surface area contributed by atoms with Crippen LogP contribution in [0.2, 0.25) is 0 Å². The predicted molar refractivity (Wildman–Crippen MR) is 69.6 cm³/mol. The highest BCUT2D eigenvalue weighted by Crippen LogP contribution is 2.42. The second-order valence-corrected chi connectivity index (χ2v) is 4.68. The summed E-state index contributed by atoms with van der Waals surface area (Å²) in [4.78, 5) is 14.4. The molecule has 1 heterocycles. The van der Waals surface area contributed by atoms with Gasteiger partial charge >= 0.3 is 12.1 Å². The maximum absolute atomic E-state index is 13.3. The first-order chi connectivity index (χ1) is 9.71. The van der Waals surface area contributed by atoms with Gasteiger partial charge in [0.05, 0.1) is 6.61 Å². The van der Waals surface area contributed by atoms with Crippen LogP contribution in [0.3, 0.4) is 0 Å². The summed E-state index contributed by atoms with van der Waals surface area (Å²) in [5.41, 5.74) is -3.03. The van der Waals surface area contributed by atoms with Crippen LogP contribution in [0.1, 0.15) is 18.1 Å². The van der Waals surface area contributed by atoms with Crippen LogP contribution in [0.4, 0.5) is 13.2 Å². The van der Waals surface area contributed by atoms with E-state index >= 15 is 0 Å². The number of ether oxygens (including phenoxy) is 1. The second kappa shape index (κ2) is 5.07. The molecule has 0 fully saturated rings. The molecule has 1 aromatic carbocycles. The zero-order valence-corrected chi connectivity index (χ0v) is 11.4. The highest BCUT2D eigenvalue weighted by atomic mass is 19.4. The number of nitrogens with one attached hydrogen (secondary N) is 1. The van der Waals surface area contributed by atoms with Gasteiger partial charge in [-0.1, -0.05) is 12.1 Å². The lowest BCUT2D eigenvalue weighted by Crippen LogP contribution is -2.50. The van der Waals surface area contributed by atoms with Crippen LogP contribution in [0.5, 0.6) is 0 Å². The third-order valence-electron chi connectivity index (χ3n) is 3.21. The fourth-order valence-electron chi connectivity index (χ4n) is 2.15. The van der Waals surface area contributed by atoms with Crippen LogP contribution in [0, 0.1) is 6.92 Å². The van der Waals surface area contributed by atoms with Crippen molar-refractivity contribution in [2.75, 3.05) is 6.61 Å². The van der Waals surface area contributed by atoms with Crippen LogP contribution in [0.15, 0.2) is 24.4 Å². The van der Waals surface area contributed by atoms with Crippen LogP contribution in [-0.2, 0) is 15.1 Å². The van der Waals surface area contributed by atoms with Crippen LogP contribution in [-0.4, -0.2) is 28.8 Å². The van der Waals surface area contributed by atoms with E-state index in [2.05, 4.69) is 9.72 Å². The Morgan fingerprint density at radius 1 is 1.38 bits per heavy atom. The highest BCUT2D eigenvalue weighted by molar-refractivity contribution is 5.92. The summed E-state index contributed by atoms with van der Waals surface area (Å²) in [6.45, 7) is 2.88. The third kappa shape index (κ3) is 2.37. The van der Waals surface area contributed by atoms with Crippen molar-refractivity contribution in [3.63, 3.8) is 0 Å². The summed E-state index contributed by atoms with van der Waals surface area (Å²) in [6.07, 6.45) is -4.21. The lowest BCUT2D eigenvalue weighted by Gasteiger charge is -2.27. The van der Waals surface area contributed by atoms with Gasteiger partial charge in [-0.3, -0.25) is 0 Å². The van der Waals surface area contributed by atoms with Crippen LogP contribution >= 0.6 is 0 Å². The molecule has 2 rings (SSSR count). The molecule has 0 aliphatic rings. The van der Waals surface area contributed by atoms with Gasteiger partial charge in [0, 0.05) is 22.7 Å². The molecule has 0 spiro atoms. The molecule has 0 aliphatic carbocycles. The average Bonchev–Trinajstić information content (AvgIpc) is 2.79. The summed E-state index contributed by atoms with van der Waals surface area (Å²) < 4.78 is 44.3. The Labute approximate surface area is 118 Å². The molecule has 1 atom stereocenters. The number of aromatic amines is 1. The van der Waals surface area contributed by atoms with E-state index in [1.54, 1.807) is 19.1 Å². The molecule has 2 N–H and O–H groups in total. The summed E-state index contributed by atoms with van der Waals surface area (Å²) in [6, 6.07) is 4.65. The van der Waals surface area contributed by atoms with Crippen molar-refractivity contribution in [3.05, 3.63) is 35.5 Å². The fraction of sp³-hybridized carbons (Fsp3) is 0.357. The van der Waals surface area contributed by atoms with E-state index in [4.69, 9.17) is 0 Å². The van der Waals surface area contributed by atoms with Crippen molar-refractivity contribution in [2.45, 2.75) is 25.6 Å². The Balaban J connectivity index is 2.68. The summed E-state index contributed by atoms with van der Waals surface area (Å²) in [5, 5.41) is 10.2. The molecule has 21 heavy (non-hydrogen) atoms. The number of hydrogen-bond donors (Lipinski definition) is 2. The van der Waals surface area contributed by atoms with Crippen LogP contribution < -0.4 is 0 Å². The normalized spacial score (nSPS) is 15.0. The molecule has 0 aliphatic heterocycles. The molecule has 7 heteroatoms. The lowest BCUT2D eigenvalue weighted by molar-refractivity contribution is -0.267. The quantitative estimate of drug-likeness (QED) is 0.857. The van der Waals surface area contributed by atoms with Gasteiger partial charge in [0.15, 0.2) is 0 Å². The number of alkyl halides is 3. The van der Waals surface area contributed by atoms with Crippen molar-refractivity contribution in [2.24, 2.45) is 0 Å². The minimum absolute atomic E-state index is 0.119. The molecule has 2 aromatic rings. The van der Waals surface area contributed by atoms with E-state index in [0.29, 0.717) is 5.52 Å². The van der Waals surface area contributed by atoms with Crippen molar-refractivity contribution in [1.29, 1.82) is 0 Å². The molecule has 0 saturated heterocycles. The van der Waals surface area contributed by atoms with E-state index in [1.165, 1.54) is 13.0 Å². The molecule has 0 radical (unpaired) electrons. The van der Waals surface area contributed by atoms with Gasteiger partial charge in [-0.05, 0) is 25.5 Å². The monoisotopic (exact) mass is 301 g/mol. The van der Waals surface area contributed by atoms with E-state index in [-0.39, 0.29) is 12.0 Å². The Hall–Kier alpha value is -2.02. The standard InChI is InChI=1S/C14H14F3NO3/c1-3-21-12(19)13(20,14(15,16)17)10-7-18-11-6-8(2)4-5-9(10)11/h4-7,18,20H,3H2,1-2H3. The number of rotatable bonds is 3. The molecule has 0 saturated carbocycles. The highest BCUT2D eigenvalue weighted by Gasteiger charge is 2.63. The number of aromatic nitrogens is 1. The molecule has 1 unspecified atom stereocenters. The number of benzene rings is 1. The number of carbonyl (C=O) groups excluding carboxylic acids is 1. The second-order valence-electron chi connectivity index (χ2n) is 4.68. The van der Waals surface area contributed by atoms with Gasteiger partial charge in [-0.15, -0.1) is 0 Å². The average molecular weight is 301 g/mol. The molecule has 1 aromatic heterocycles. The van der Waals surface area contributed by atoms with Crippen molar-refractivity contribution < 1.29 is 27.8 Å². The first kappa shape index (κ1) is 15.4. The van der Waals surface area contributed by atoms with Gasteiger partial charge in [0.25, 0.3) is 5.60 Å². The van der Waals surface area contributed by atoms with Gasteiger partial charge in [-0.2, -0.15) is 13.2 Å². The Morgan fingerprint density at radius 3 is 2.62 bits per heavy atom. The molecular formula is C14H14F3NO3. The lowest BCUT2D eigenvalue weighted by atomic mass is 9.92. The van der Waals surface area contributed by atoms with E-state index in [9.17, 15) is 23.1 Å². The topological polar surface area (TPSA) is 62.3 Å². The Morgan fingerprint density at radius 2 is 2.05 bits per heavy atom. The van der Waals surface area contributed by atoms with Crippen molar-refractivity contribution in [3.8, 4) is 0 Å². The fourth-order valence-corrected chi connectivity index (χ4v) is 2.15. The smallest absolute Gasteiger partial charge is 0.432 e. The van der Waals surface area contributed by atoms with Crippen molar-refractivity contribution >= 4 is 16.9 Å². The maximum atomic E-state index is 13.3. The van der Waals surface area contributed by atoms with Gasteiger partial charge in [0.2, 0.25) is 0 Å². The zero-order valence-electron chi connectivity index (χ0n) is 11.4. The zero-order chi connectivity index (χ0) is 15.8. The van der Waals surface area contributed by atoms with Gasteiger partial charge in [-0.25, -0.2) is 4.79 Å². The summed E-state index contributed by atoms with van der Waals surface area (Å²) in [5.74, 6) is -1.74. The SMILES string of the molecule is CCOC(=O)C(O)(c1c[nH]c2cc(C)ccc12)C(F)(F)F. The minimum Gasteiger partial charge on any atom is -0.463 e. The number of aryl methyl sites for hydroxylation is 1. The summed E-state index contributed by atoms with van der Waals surface area (Å²) in [7, 11) is 0. The minimum atomic E-state index is -5.20. The molecular weight excluding hydrogens is 287 g/mol. The molecule has 4 nitrogen and oxygen atoms in total. The number of esters is 1. The Kier molecular flexibility index (Phi) is 3.71. The molecule has 0 amide bonds. The first-order valence-electron chi connectivity index (χ1n) is 6.26. The number of fused-ring (bicyclic) bond motifs is 1. The summed E-state index contributed by atoms with van der Waals surface area (Å²) >= 11 is 0. The first-order valence-corrected chi connectivity index (χ1v) is 6.26. The Bertz CT molecular complexity index is 678. The van der Waals surface area contributed by atoms with E-state index < -0.39 is 23.3 Å². The number of halogens is 3. The molecule has 0 bridgehead atoms. The number of hydrogen-bond acceptors (Lipinski definition) is 3. The largest absolute Gasteiger partial charge is 0.463 e. The van der Waals surface area contributed by atoms with E-state index in [0.717, 1.165) is 11.8 Å². The van der Waals surface area contributed by atoms with Crippen molar-refractivity contribution in [1.82, 2.24) is 4.98 Å². The predicted octanol–water partition coefficient (Wildman–Crippen LogP) is 2.79. The van der Waals surface area contributed by atoms with E-state index in [1.807, 2.05) is 0 Å². The van der Waals surface area contributed by atoms with Crippen LogP contribution in [0.25, 0.3) is 10.9 Å². The van der Waals surface area contributed by atoms with Gasteiger partial charge in [0.1, 0.15) is 0 Å². The maximum Gasteiger partial charge on any atom is 0.432 e. The third-order valence-corrected chi connectivity index (χ3v) is 3.21. The number of H-pyrrole nitrogens is 1. The number of carbonyl (C=O) groups is 1.